The highest BCUT2D eigenvalue weighted by Gasteiger charge is 1.97. The molecule has 1 aromatic rings. The maximum absolute atomic E-state index is 8.76. The van der Waals surface area contributed by atoms with Crippen LogP contribution >= 0.6 is 0 Å². The Balaban J connectivity index is 2.93. The van der Waals surface area contributed by atoms with Gasteiger partial charge in [-0.05, 0) is 29.3 Å². The molecule has 0 saturated carbocycles. The average molecular weight is 210 g/mol. The maximum atomic E-state index is 8.76. The van der Waals surface area contributed by atoms with E-state index in [0.29, 0.717) is 5.57 Å². The van der Waals surface area contributed by atoms with Crippen LogP contribution in [-0.4, -0.2) is 7.05 Å². The van der Waals surface area contributed by atoms with E-state index in [-0.39, 0.29) is 0 Å². The van der Waals surface area contributed by atoms with Crippen molar-refractivity contribution in [1.82, 2.24) is 0 Å². The van der Waals surface area contributed by atoms with Crippen molar-refractivity contribution in [1.29, 1.82) is 5.26 Å². The lowest BCUT2D eigenvalue weighted by Gasteiger charge is -2.03. The summed E-state index contributed by atoms with van der Waals surface area (Å²) >= 11 is 0. The first kappa shape index (κ1) is 11.8. The zero-order valence-electron chi connectivity index (χ0n) is 9.33. The third kappa shape index (κ3) is 2.86. The van der Waals surface area contributed by atoms with Crippen molar-refractivity contribution in [3.05, 3.63) is 60.7 Å². The normalized spacial score (nSPS) is 10.4. The molecule has 1 aromatic carbocycles. The molecule has 0 amide bonds. The molecule has 2 nitrogen and oxygen atoms in total. The molecule has 2 heteroatoms. The molecule has 0 radical (unpaired) electrons. The van der Waals surface area contributed by atoms with E-state index in [4.69, 9.17) is 5.26 Å². The summed E-state index contributed by atoms with van der Waals surface area (Å²) in [6.45, 7) is 7.48. The number of hydrogen-bond donors (Lipinski definition) is 1. The molecule has 0 spiro atoms. The Bertz CT molecular complexity index is 459. The minimum Gasteiger partial charge on any atom is -0.388 e. The Morgan fingerprint density at radius 1 is 1.38 bits per heavy atom. The van der Waals surface area contributed by atoms with Gasteiger partial charge in [0.25, 0.3) is 0 Å². The maximum Gasteiger partial charge on any atom is 0.0991 e. The number of benzene rings is 1. The second-order valence-corrected chi connectivity index (χ2v) is 3.27. The quantitative estimate of drug-likeness (QED) is 0.611. The molecular formula is C14H14N2. The van der Waals surface area contributed by atoms with Crippen LogP contribution in [0.2, 0.25) is 0 Å². The Morgan fingerprint density at radius 2 is 2.00 bits per heavy atom. The standard InChI is InChI=1S/C14H14N2/c1-4-12(10-15)9-11(2)13-5-7-14(16-3)8-6-13/h4-9,16H,1-2H2,3H3/b12-9+. The lowest BCUT2D eigenvalue weighted by atomic mass is 10.0. The summed E-state index contributed by atoms with van der Waals surface area (Å²) in [7, 11) is 1.87. The molecule has 0 saturated heterocycles. The van der Waals surface area contributed by atoms with E-state index < -0.39 is 0 Å². The molecule has 0 bridgehead atoms. The number of anilines is 1. The van der Waals surface area contributed by atoms with E-state index in [2.05, 4.69) is 18.5 Å². The van der Waals surface area contributed by atoms with Crippen LogP contribution < -0.4 is 5.32 Å². The predicted octanol–water partition coefficient (Wildman–Crippen LogP) is 3.38. The van der Waals surface area contributed by atoms with Crippen LogP contribution in [0.4, 0.5) is 5.69 Å². The summed E-state index contributed by atoms with van der Waals surface area (Å²) in [5.74, 6) is 0. The van der Waals surface area contributed by atoms with Gasteiger partial charge in [-0.2, -0.15) is 5.26 Å². The SMILES string of the molecule is C=C/C(C#N)=C\C(=C)c1ccc(NC)cc1. The van der Waals surface area contributed by atoms with Gasteiger partial charge in [-0.1, -0.05) is 31.4 Å². The first-order valence-corrected chi connectivity index (χ1v) is 4.92. The molecule has 0 aromatic heterocycles. The van der Waals surface area contributed by atoms with Gasteiger partial charge >= 0.3 is 0 Å². The van der Waals surface area contributed by atoms with Gasteiger partial charge in [0.2, 0.25) is 0 Å². The highest BCUT2D eigenvalue weighted by molar-refractivity contribution is 5.75. The Labute approximate surface area is 96.2 Å². The van der Waals surface area contributed by atoms with Crippen molar-refractivity contribution >= 4 is 11.3 Å². The summed E-state index contributed by atoms with van der Waals surface area (Å²) in [4.78, 5) is 0. The summed E-state index contributed by atoms with van der Waals surface area (Å²) in [5, 5.41) is 11.8. The van der Waals surface area contributed by atoms with Crippen molar-refractivity contribution in [2.24, 2.45) is 0 Å². The fourth-order valence-corrected chi connectivity index (χ4v) is 1.26. The molecule has 1 N–H and O–H groups in total. The molecule has 16 heavy (non-hydrogen) atoms. The van der Waals surface area contributed by atoms with Gasteiger partial charge in [0, 0.05) is 12.7 Å². The van der Waals surface area contributed by atoms with Crippen LogP contribution in [0.25, 0.3) is 5.57 Å². The first-order chi connectivity index (χ1) is 7.71. The average Bonchev–Trinajstić information content (AvgIpc) is 2.35. The second-order valence-electron chi connectivity index (χ2n) is 3.27. The van der Waals surface area contributed by atoms with Gasteiger partial charge in [0.15, 0.2) is 0 Å². The van der Waals surface area contributed by atoms with Crippen molar-refractivity contribution in [2.75, 3.05) is 12.4 Å². The van der Waals surface area contributed by atoms with Crippen molar-refractivity contribution in [3.8, 4) is 6.07 Å². The van der Waals surface area contributed by atoms with Crippen LogP contribution in [0, 0.1) is 11.3 Å². The second kappa shape index (κ2) is 5.57. The predicted molar refractivity (Wildman–Crippen MR) is 68.9 cm³/mol. The van der Waals surface area contributed by atoms with Gasteiger partial charge in [0.1, 0.15) is 0 Å². The lowest BCUT2D eigenvalue weighted by Crippen LogP contribution is -1.88. The number of nitriles is 1. The van der Waals surface area contributed by atoms with Crippen molar-refractivity contribution in [3.63, 3.8) is 0 Å². The van der Waals surface area contributed by atoms with Gasteiger partial charge < -0.3 is 5.32 Å². The van der Waals surface area contributed by atoms with E-state index in [0.717, 1.165) is 16.8 Å². The van der Waals surface area contributed by atoms with Crippen molar-refractivity contribution < 1.29 is 0 Å². The highest BCUT2D eigenvalue weighted by atomic mass is 14.8. The van der Waals surface area contributed by atoms with Gasteiger partial charge in [-0.25, -0.2) is 0 Å². The summed E-state index contributed by atoms with van der Waals surface area (Å²) in [6, 6.07) is 9.90. The van der Waals surface area contributed by atoms with Crippen LogP contribution in [0.5, 0.6) is 0 Å². The molecule has 1 rings (SSSR count). The van der Waals surface area contributed by atoms with Crippen LogP contribution in [0.15, 0.2) is 55.1 Å². The van der Waals surface area contributed by atoms with Gasteiger partial charge in [0.05, 0.1) is 11.6 Å². The van der Waals surface area contributed by atoms with Crippen LogP contribution in [0.1, 0.15) is 5.56 Å². The number of hydrogen-bond acceptors (Lipinski definition) is 2. The number of nitrogens with zero attached hydrogens (tertiary/aromatic N) is 1. The zero-order chi connectivity index (χ0) is 12.0. The van der Waals surface area contributed by atoms with Crippen LogP contribution in [-0.2, 0) is 0 Å². The Hall–Kier alpha value is -2.27. The summed E-state index contributed by atoms with van der Waals surface area (Å²) < 4.78 is 0. The summed E-state index contributed by atoms with van der Waals surface area (Å²) in [5.41, 5.74) is 3.36. The number of nitrogens with one attached hydrogen (secondary N) is 1. The smallest absolute Gasteiger partial charge is 0.0991 e. The lowest BCUT2D eigenvalue weighted by molar-refractivity contribution is 1.49. The molecular weight excluding hydrogens is 196 g/mol. The fourth-order valence-electron chi connectivity index (χ4n) is 1.26. The van der Waals surface area contributed by atoms with Crippen LogP contribution in [0.3, 0.4) is 0 Å². The molecule has 0 unspecified atom stereocenters. The zero-order valence-corrected chi connectivity index (χ0v) is 9.33. The third-order valence-corrected chi connectivity index (χ3v) is 2.22. The molecule has 0 heterocycles. The molecule has 0 fully saturated rings. The highest BCUT2D eigenvalue weighted by Crippen LogP contribution is 2.18. The fraction of sp³-hybridized carbons (Fsp3) is 0.0714. The Kier molecular flexibility index (Phi) is 4.11. The first-order valence-electron chi connectivity index (χ1n) is 4.92. The topological polar surface area (TPSA) is 35.8 Å². The van der Waals surface area contributed by atoms with E-state index >= 15 is 0 Å². The molecule has 0 aliphatic heterocycles. The molecule has 80 valence electrons. The monoisotopic (exact) mass is 210 g/mol. The molecule has 0 aliphatic rings. The summed E-state index contributed by atoms with van der Waals surface area (Å²) in [6.07, 6.45) is 3.24. The van der Waals surface area contributed by atoms with E-state index in [9.17, 15) is 0 Å². The van der Waals surface area contributed by atoms with Crippen molar-refractivity contribution in [2.45, 2.75) is 0 Å². The third-order valence-electron chi connectivity index (χ3n) is 2.22. The van der Waals surface area contributed by atoms with Gasteiger partial charge in [-0.3, -0.25) is 0 Å². The minimum absolute atomic E-state index is 0.516. The number of allylic oxidation sites excluding steroid dienone is 4. The van der Waals surface area contributed by atoms with E-state index in [1.54, 1.807) is 6.08 Å². The molecule has 0 atom stereocenters. The van der Waals surface area contributed by atoms with Gasteiger partial charge in [-0.15, -0.1) is 0 Å². The van der Waals surface area contributed by atoms with E-state index in [1.807, 2.05) is 37.4 Å². The molecule has 0 aliphatic carbocycles. The number of rotatable bonds is 4. The minimum atomic E-state index is 0.516. The Morgan fingerprint density at radius 3 is 2.44 bits per heavy atom. The van der Waals surface area contributed by atoms with E-state index in [1.165, 1.54) is 6.08 Å². The largest absolute Gasteiger partial charge is 0.388 e.